The van der Waals surface area contributed by atoms with E-state index in [1.54, 1.807) is 0 Å². The van der Waals surface area contributed by atoms with Gasteiger partial charge in [0, 0.05) is 32.5 Å². The second kappa shape index (κ2) is 6.47. The van der Waals surface area contributed by atoms with Crippen molar-refractivity contribution in [3.8, 4) is 0 Å². The van der Waals surface area contributed by atoms with E-state index in [-0.39, 0.29) is 12.6 Å². The van der Waals surface area contributed by atoms with E-state index in [9.17, 15) is 8.42 Å². The van der Waals surface area contributed by atoms with Gasteiger partial charge in [0.05, 0.1) is 19.8 Å². The highest BCUT2D eigenvalue weighted by atomic mass is 32.2. The van der Waals surface area contributed by atoms with Crippen molar-refractivity contribution >= 4 is 10.2 Å². The monoisotopic (exact) mass is 294 g/mol. The Balaban J connectivity index is 1.75. The quantitative estimate of drug-likeness (QED) is 0.659. The van der Waals surface area contributed by atoms with E-state index in [0.29, 0.717) is 19.8 Å². The lowest BCUT2D eigenvalue weighted by Crippen LogP contribution is -2.47. The summed E-state index contributed by atoms with van der Waals surface area (Å²) in [5.41, 5.74) is 0. The molecule has 2 fully saturated rings. The SMILES string of the molecule is COCCNS(=O)(=O)NC1CCC2(CC1)OCCO2. The molecule has 1 saturated heterocycles. The molecule has 7 nitrogen and oxygen atoms in total. The van der Waals surface area contributed by atoms with Crippen LogP contribution in [0, 0.1) is 0 Å². The lowest BCUT2D eigenvalue weighted by atomic mass is 9.91. The molecule has 0 aromatic carbocycles. The molecule has 0 aromatic heterocycles. The van der Waals surface area contributed by atoms with Crippen LogP contribution in [-0.4, -0.2) is 53.7 Å². The smallest absolute Gasteiger partial charge is 0.277 e. The number of ether oxygens (including phenoxy) is 3. The molecule has 112 valence electrons. The summed E-state index contributed by atoms with van der Waals surface area (Å²) in [6, 6.07) is -0.0570. The Bertz CT molecular complexity index is 371. The molecule has 0 amide bonds. The average molecular weight is 294 g/mol. The first-order chi connectivity index (χ1) is 9.05. The van der Waals surface area contributed by atoms with Crippen LogP contribution in [0.5, 0.6) is 0 Å². The van der Waals surface area contributed by atoms with Gasteiger partial charge in [0.15, 0.2) is 5.79 Å². The second-order valence-corrected chi connectivity index (χ2v) is 6.42. The van der Waals surface area contributed by atoms with E-state index < -0.39 is 16.0 Å². The first-order valence-electron chi connectivity index (χ1n) is 6.59. The van der Waals surface area contributed by atoms with Crippen molar-refractivity contribution in [2.45, 2.75) is 37.5 Å². The van der Waals surface area contributed by atoms with Gasteiger partial charge < -0.3 is 14.2 Å². The summed E-state index contributed by atoms with van der Waals surface area (Å²) >= 11 is 0. The van der Waals surface area contributed by atoms with Gasteiger partial charge in [0.1, 0.15) is 0 Å². The van der Waals surface area contributed by atoms with Crippen LogP contribution in [0.4, 0.5) is 0 Å². The Kier molecular flexibility index (Phi) is 5.15. The van der Waals surface area contributed by atoms with Crippen LogP contribution in [0.2, 0.25) is 0 Å². The Hall–Kier alpha value is -0.250. The minimum atomic E-state index is -3.45. The second-order valence-electron chi connectivity index (χ2n) is 4.89. The highest BCUT2D eigenvalue weighted by Crippen LogP contribution is 2.35. The van der Waals surface area contributed by atoms with E-state index in [2.05, 4.69) is 9.44 Å². The fourth-order valence-corrected chi connectivity index (χ4v) is 3.61. The highest BCUT2D eigenvalue weighted by Gasteiger charge is 2.40. The van der Waals surface area contributed by atoms with Gasteiger partial charge in [-0.05, 0) is 12.8 Å². The zero-order valence-corrected chi connectivity index (χ0v) is 12.0. The molecule has 0 aromatic rings. The molecule has 2 aliphatic rings. The average Bonchev–Trinajstić information content (AvgIpc) is 2.81. The molecule has 19 heavy (non-hydrogen) atoms. The molecule has 0 bridgehead atoms. The van der Waals surface area contributed by atoms with Crippen LogP contribution >= 0.6 is 0 Å². The fourth-order valence-electron chi connectivity index (χ4n) is 2.50. The Labute approximate surface area is 114 Å². The van der Waals surface area contributed by atoms with Gasteiger partial charge in [-0.25, -0.2) is 0 Å². The Morgan fingerprint density at radius 2 is 1.89 bits per heavy atom. The topological polar surface area (TPSA) is 85.9 Å². The number of hydrogen-bond donors (Lipinski definition) is 2. The number of nitrogens with one attached hydrogen (secondary N) is 2. The number of rotatable bonds is 6. The molecule has 1 saturated carbocycles. The van der Waals surface area contributed by atoms with Gasteiger partial charge in [0.2, 0.25) is 0 Å². The predicted molar refractivity (Wildman–Crippen MR) is 68.8 cm³/mol. The zero-order chi connectivity index (χ0) is 13.8. The molecule has 1 aliphatic carbocycles. The molecule has 1 aliphatic heterocycles. The minimum Gasteiger partial charge on any atom is -0.383 e. The summed E-state index contributed by atoms with van der Waals surface area (Å²) in [5.74, 6) is -0.453. The third-order valence-electron chi connectivity index (χ3n) is 3.48. The normalized spacial score (nSPS) is 24.1. The van der Waals surface area contributed by atoms with E-state index in [0.717, 1.165) is 25.7 Å². The summed E-state index contributed by atoms with van der Waals surface area (Å²) in [6.07, 6.45) is 2.92. The maximum atomic E-state index is 11.7. The predicted octanol–water partition coefficient (Wildman–Crippen LogP) is -0.257. The van der Waals surface area contributed by atoms with Gasteiger partial charge >= 0.3 is 0 Å². The summed E-state index contributed by atoms with van der Waals surface area (Å²) in [4.78, 5) is 0. The molecule has 0 atom stereocenters. The van der Waals surface area contributed by atoms with Crippen molar-refractivity contribution in [1.29, 1.82) is 0 Å². The Morgan fingerprint density at radius 1 is 1.26 bits per heavy atom. The van der Waals surface area contributed by atoms with E-state index in [1.807, 2.05) is 0 Å². The van der Waals surface area contributed by atoms with Gasteiger partial charge in [-0.2, -0.15) is 17.9 Å². The van der Waals surface area contributed by atoms with Crippen molar-refractivity contribution in [3.05, 3.63) is 0 Å². The van der Waals surface area contributed by atoms with Crippen molar-refractivity contribution in [1.82, 2.24) is 9.44 Å². The molecular weight excluding hydrogens is 272 g/mol. The minimum absolute atomic E-state index is 0.0570. The van der Waals surface area contributed by atoms with Crippen LogP contribution in [-0.2, 0) is 24.4 Å². The third-order valence-corrected chi connectivity index (χ3v) is 4.71. The fraction of sp³-hybridized carbons (Fsp3) is 1.00. The largest absolute Gasteiger partial charge is 0.383 e. The van der Waals surface area contributed by atoms with Crippen LogP contribution in [0.15, 0.2) is 0 Å². The molecule has 0 radical (unpaired) electrons. The van der Waals surface area contributed by atoms with Gasteiger partial charge in [-0.15, -0.1) is 0 Å². The summed E-state index contributed by atoms with van der Waals surface area (Å²) in [7, 11) is -1.92. The first kappa shape index (κ1) is 15.1. The van der Waals surface area contributed by atoms with E-state index in [4.69, 9.17) is 14.2 Å². The Morgan fingerprint density at radius 3 is 2.47 bits per heavy atom. The summed E-state index contributed by atoms with van der Waals surface area (Å²) in [6.45, 7) is 1.90. The third kappa shape index (κ3) is 4.37. The van der Waals surface area contributed by atoms with Crippen LogP contribution in [0.3, 0.4) is 0 Å². The molecule has 0 unspecified atom stereocenters. The lowest BCUT2D eigenvalue weighted by Gasteiger charge is -2.35. The molecular formula is C11H22N2O5S. The van der Waals surface area contributed by atoms with Gasteiger partial charge in [-0.1, -0.05) is 0 Å². The zero-order valence-electron chi connectivity index (χ0n) is 11.2. The van der Waals surface area contributed by atoms with Gasteiger partial charge in [-0.3, -0.25) is 0 Å². The van der Waals surface area contributed by atoms with E-state index >= 15 is 0 Å². The summed E-state index contributed by atoms with van der Waals surface area (Å²) < 4.78 is 44.6. The van der Waals surface area contributed by atoms with Crippen LogP contribution in [0.25, 0.3) is 0 Å². The first-order valence-corrected chi connectivity index (χ1v) is 8.07. The van der Waals surface area contributed by atoms with Crippen molar-refractivity contribution < 1.29 is 22.6 Å². The number of methoxy groups -OCH3 is 1. The maximum Gasteiger partial charge on any atom is 0.277 e. The lowest BCUT2D eigenvalue weighted by molar-refractivity contribution is -0.178. The van der Waals surface area contributed by atoms with Crippen molar-refractivity contribution in [2.75, 3.05) is 33.5 Å². The van der Waals surface area contributed by atoms with Gasteiger partial charge in [0.25, 0.3) is 10.2 Å². The molecule has 2 rings (SSSR count). The van der Waals surface area contributed by atoms with Crippen LogP contribution in [0.1, 0.15) is 25.7 Å². The van der Waals surface area contributed by atoms with E-state index in [1.165, 1.54) is 7.11 Å². The molecule has 1 spiro atoms. The highest BCUT2D eigenvalue weighted by molar-refractivity contribution is 7.87. The molecule has 8 heteroatoms. The van der Waals surface area contributed by atoms with Crippen molar-refractivity contribution in [2.24, 2.45) is 0 Å². The summed E-state index contributed by atoms with van der Waals surface area (Å²) in [5, 5.41) is 0. The maximum absolute atomic E-state index is 11.7. The molecule has 1 heterocycles. The molecule has 2 N–H and O–H groups in total. The van der Waals surface area contributed by atoms with Crippen molar-refractivity contribution in [3.63, 3.8) is 0 Å². The standard InChI is InChI=1S/C11H22N2O5S/c1-16-7-6-12-19(14,15)13-10-2-4-11(5-3-10)17-8-9-18-11/h10,12-13H,2-9H2,1H3. The number of hydrogen-bond acceptors (Lipinski definition) is 5. The van der Waals surface area contributed by atoms with Crippen LogP contribution < -0.4 is 9.44 Å².